The molecule has 1 N–H and O–H groups in total. The van der Waals surface area contributed by atoms with E-state index < -0.39 is 11.4 Å². The van der Waals surface area contributed by atoms with Gasteiger partial charge in [-0.05, 0) is 33.7 Å². The molecular weight excluding hydrogens is 612 g/mol. The molecule has 2 unspecified atom stereocenters. The summed E-state index contributed by atoms with van der Waals surface area (Å²) in [7, 11) is 0. The minimum absolute atomic E-state index is 0.134. The van der Waals surface area contributed by atoms with Crippen LogP contribution in [0.3, 0.4) is 0 Å². The molecule has 9 heteroatoms. The van der Waals surface area contributed by atoms with Gasteiger partial charge in [0.25, 0.3) is 5.79 Å². The van der Waals surface area contributed by atoms with Crippen molar-refractivity contribution in [1.82, 2.24) is 0 Å². The first kappa shape index (κ1) is 33.2. The van der Waals surface area contributed by atoms with Crippen molar-refractivity contribution in [2.45, 2.75) is 52.6 Å². The predicted octanol–water partition coefficient (Wildman–Crippen LogP) is 7.28. The fourth-order valence-electron chi connectivity index (χ4n) is 8.06. The molecule has 0 radical (unpaired) electrons. The summed E-state index contributed by atoms with van der Waals surface area (Å²) in [6, 6.07) is 20.0. The maximum absolute atomic E-state index is 11.8. The SMILES string of the molecule is CC(C)(C)C12OOC1(c1cccc3c(-c4c5c(cc6ccccc46)COCCOCCOCCOCCO5)c(O)ccc13)OCC2(C)C. The van der Waals surface area contributed by atoms with Gasteiger partial charge < -0.3 is 33.5 Å². The summed E-state index contributed by atoms with van der Waals surface area (Å²) < 4.78 is 36.4. The van der Waals surface area contributed by atoms with Crippen molar-refractivity contribution in [2.75, 3.05) is 59.5 Å². The van der Waals surface area contributed by atoms with Crippen LogP contribution in [0.4, 0.5) is 0 Å². The number of phenolic OH excluding ortho intramolecular Hbond substituents is 1. The van der Waals surface area contributed by atoms with Gasteiger partial charge >= 0.3 is 0 Å². The lowest BCUT2D eigenvalue weighted by molar-refractivity contribution is -0.626. The van der Waals surface area contributed by atoms with Crippen LogP contribution in [-0.4, -0.2) is 70.2 Å². The molecule has 256 valence electrons. The summed E-state index contributed by atoms with van der Waals surface area (Å²) in [4.78, 5) is 12.3. The normalized spacial score (nSPS) is 25.6. The second-order valence-corrected chi connectivity index (χ2v) is 14.4. The highest BCUT2D eigenvalue weighted by molar-refractivity contribution is 6.11. The van der Waals surface area contributed by atoms with Gasteiger partial charge in [-0.25, -0.2) is 4.89 Å². The van der Waals surface area contributed by atoms with E-state index >= 15 is 0 Å². The van der Waals surface area contributed by atoms with Crippen molar-refractivity contribution in [1.29, 1.82) is 0 Å². The molecule has 3 aliphatic rings. The molecule has 48 heavy (non-hydrogen) atoms. The maximum Gasteiger partial charge on any atom is 0.262 e. The van der Waals surface area contributed by atoms with E-state index in [1.54, 1.807) is 6.07 Å². The molecule has 2 atom stereocenters. The standard InChI is InChI=1S/C39H46O9/c1-36(2,3)39-37(4,5)25-46-38(39,47-48-39)31-12-8-11-30-29(31)13-14-32(40)33(30)34-28-10-7-6-9-26(28)23-27-24-44-20-19-42-16-15-41-17-18-43-21-22-45-35(27)34/h6-14,23,40H,15-22,24-25H2,1-5H3. The van der Waals surface area contributed by atoms with E-state index in [9.17, 15) is 5.11 Å². The molecule has 4 aromatic carbocycles. The number of ether oxygens (including phenoxy) is 6. The first-order chi connectivity index (χ1) is 23.1. The van der Waals surface area contributed by atoms with E-state index in [4.69, 9.17) is 38.2 Å². The van der Waals surface area contributed by atoms with Gasteiger partial charge in [-0.3, -0.25) is 0 Å². The van der Waals surface area contributed by atoms with Crippen LogP contribution in [-0.2, 0) is 45.9 Å². The Morgan fingerprint density at radius 1 is 0.667 bits per heavy atom. The van der Waals surface area contributed by atoms with E-state index in [1.165, 1.54) is 0 Å². The third kappa shape index (κ3) is 5.28. The Labute approximate surface area is 281 Å². The molecule has 0 spiro atoms. The van der Waals surface area contributed by atoms with Crippen molar-refractivity contribution >= 4 is 21.5 Å². The highest BCUT2D eigenvalue weighted by atomic mass is 17.3. The van der Waals surface area contributed by atoms with Crippen molar-refractivity contribution in [3.05, 3.63) is 71.8 Å². The molecule has 0 saturated carbocycles. The Morgan fingerprint density at radius 2 is 1.33 bits per heavy atom. The third-order valence-electron chi connectivity index (χ3n) is 9.96. The molecular formula is C39H46O9. The van der Waals surface area contributed by atoms with E-state index in [-0.39, 0.29) is 16.6 Å². The highest BCUT2D eigenvalue weighted by Gasteiger charge is 2.81. The minimum atomic E-state index is -1.13. The lowest BCUT2D eigenvalue weighted by Crippen LogP contribution is -2.73. The molecule has 0 bridgehead atoms. The summed E-state index contributed by atoms with van der Waals surface area (Å²) in [6.07, 6.45) is 0. The predicted molar refractivity (Wildman–Crippen MR) is 182 cm³/mol. The van der Waals surface area contributed by atoms with Gasteiger partial charge in [0.15, 0.2) is 5.60 Å². The molecule has 9 nitrogen and oxygen atoms in total. The van der Waals surface area contributed by atoms with Gasteiger partial charge in [0, 0.05) is 33.1 Å². The summed E-state index contributed by atoms with van der Waals surface area (Å²) in [5.41, 5.74) is 1.75. The van der Waals surface area contributed by atoms with Crippen LogP contribution in [0, 0.1) is 10.8 Å². The van der Waals surface area contributed by atoms with Crippen LogP contribution in [0.25, 0.3) is 32.7 Å². The minimum Gasteiger partial charge on any atom is -0.507 e. The van der Waals surface area contributed by atoms with Crippen molar-refractivity contribution in [3.8, 4) is 22.6 Å². The fraction of sp³-hybridized carbons (Fsp3) is 0.487. The first-order valence-electron chi connectivity index (χ1n) is 16.9. The van der Waals surface area contributed by atoms with Gasteiger partial charge in [0.2, 0.25) is 0 Å². The first-order valence-corrected chi connectivity index (χ1v) is 16.9. The zero-order valence-corrected chi connectivity index (χ0v) is 28.6. The molecule has 7 rings (SSSR count). The molecule has 2 fully saturated rings. The zero-order chi connectivity index (χ0) is 33.6. The van der Waals surface area contributed by atoms with Crippen molar-refractivity contribution < 1.29 is 43.3 Å². The Balaban J connectivity index is 1.42. The Kier molecular flexibility index (Phi) is 8.91. The van der Waals surface area contributed by atoms with Crippen LogP contribution in [0.1, 0.15) is 45.7 Å². The smallest absolute Gasteiger partial charge is 0.262 e. The summed E-state index contributed by atoms with van der Waals surface area (Å²) >= 11 is 0. The van der Waals surface area contributed by atoms with Crippen LogP contribution in [0.2, 0.25) is 0 Å². The summed E-state index contributed by atoms with van der Waals surface area (Å²) in [5.74, 6) is -0.362. The third-order valence-corrected chi connectivity index (χ3v) is 9.96. The molecule has 4 aromatic rings. The average molecular weight is 659 g/mol. The Morgan fingerprint density at radius 3 is 2.02 bits per heavy atom. The fourth-order valence-corrected chi connectivity index (χ4v) is 8.06. The highest BCUT2D eigenvalue weighted by Crippen LogP contribution is 2.69. The van der Waals surface area contributed by atoms with E-state index in [0.717, 1.165) is 38.2 Å². The van der Waals surface area contributed by atoms with Crippen molar-refractivity contribution in [2.24, 2.45) is 10.8 Å². The van der Waals surface area contributed by atoms with Gasteiger partial charge in [0.05, 0.1) is 59.5 Å². The molecule has 0 aliphatic carbocycles. The number of benzene rings is 4. The summed E-state index contributed by atoms with van der Waals surface area (Å²) in [5, 5.41) is 15.5. The number of rotatable bonds is 2. The molecule has 0 amide bonds. The van der Waals surface area contributed by atoms with Crippen LogP contribution in [0.15, 0.2) is 60.7 Å². The van der Waals surface area contributed by atoms with Crippen LogP contribution in [0.5, 0.6) is 11.5 Å². The average Bonchev–Trinajstić information content (AvgIpc) is 3.20. The molecule has 3 heterocycles. The Hall–Kier alpha value is -3.28. The Bertz CT molecular complexity index is 1790. The van der Waals surface area contributed by atoms with Gasteiger partial charge in [-0.1, -0.05) is 83.1 Å². The molecule has 2 saturated heterocycles. The lowest BCUT2D eigenvalue weighted by Gasteiger charge is -2.61. The van der Waals surface area contributed by atoms with Crippen LogP contribution < -0.4 is 4.74 Å². The van der Waals surface area contributed by atoms with Gasteiger partial charge in [-0.15, -0.1) is 0 Å². The van der Waals surface area contributed by atoms with Gasteiger partial charge in [0.1, 0.15) is 18.1 Å². The molecule has 0 aromatic heterocycles. The van der Waals surface area contributed by atoms with E-state index in [1.807, 2.05) is 36.4 Å². The number of phenols is 1. The summed E-state index contributed by atoms with van der Waals surface area (Å²) in [6.45, 7) is 15.1. The monoisotopic (exact) mass is 658 g/mol. The molecule has 3 aliphatic heterocycles. The number of hydrogen-bond donors (Lipinski definition) is 1. The van der Waals surface area contributed by atoms with E-state index in [0.29, 0.717) is 77.4 Å². The van der Waals surface area contributed by atoms with Gasteiger partial charge in [-0.2, -0.15) is 4.89 Å². The topological polar surface area (TPSA) is 94.1 Å². The van der Waals surface area contributed by atoms with Crippen LogP contribution >= 0.6 is 0 Å². The number of fused-ring (bicyclic) bond motifs is 4. The second kappa shape index (κ2) is 12.9. The number of aromatic hydroxyl groups is 1. The second-order valence-electron chi connectivity index (χ2n) is 14.4. The largest absolute Gasteiger partial charge is 0.507 e. The van der Waals surface area contributed by atoms with E-state index in [2.05, 4.69) is 52.8 Å². The quantitative estimate of drug-likeness (QED) is 0.223. The zero-order valence-electron chi connectivity index (χ0n) is 28.6. The maximum atomic E-state index is 11.8. The number of hydrogen-bond acceptors (Lipinski definition) is 9. The lowest BCUT2D eigenvalue weighted by atomic mass is 9.57. The van der Waals surface area contributed by atoms with Crippen molar-refractivity contribution in [3.63, 3.8) is 0 Å².